The molecule has 1 aliphatic rings. The van der Waals surface area contributed by atoms with Gasteiger partial charge in [0.25, 0.3) is 5.91 Å². The van der Waals surface area contributed by atoms with Gasteiger partial charge in [-0.2, -0.15) is 0 Å². The van der Waals surface area contributed by atoms with Gasteiger partial charge in [-0.15, -0.1) is 11.3 Å². The highest BCUT2D eigenvalue weighted by molar-refractivity contribution is 7.10. The second-order valence-corrected chi connectivity index (χ2v) is 7.90. The SMILES string of the molecule is COC(=O)c1ccc(CNC(=O)COC(=O)c2csc3c2CCC(C)C3)cc1. The number of carbonyl (C=O) groups is 3. The van der Waals surface area contributed by atoms with Gasteiger partial charge in [0.1, 0.15) is 0 Å². The quantitative estimate of drug-likeness (QED) is 0.752. The minimum atomic E-state index is -0.440. The van der Waals surface area contributed by atoms with Crippen LogP contribution in [0.15, 0.2) is 29.6 Å². The van der Waals surface area contributed by atoms with E-state index in [0.717, 1.165) is 30.4 Å². The molecule has 3 rings (SSSR count). The van der Waals surface area contributed by atoms with Gasteiger partial charge in [0.15, 0.2) is 6.61 Å². The van der Waals surface area contributed by atoms with Gasteiger partial charge in [-0.1, -0.05) is 19.1 Å². The molecule has 0 saturated carbocycles. The molecule has 1 heterocycles. The number of benzene rings is 1. The number of fused-ring (bicyclic) bond motifs is 1. The number of nitrogens with one attached hydrogen (secondary N) is 1. The maximum atomic E-state index is 12.3. The number of amides is 1. The van der Waals surface area contributed by atoms with Crippen molar-refractivity contribution in [3.63, 3.8) is 0 Å². The van der Waals surface area contributed by atoms with Crippen LogP contribution in [0.5, 0.6) is 0 Å². The summed E-state index contributed by atoms with van der Waals surface area (Å²) >= 11 is 1.60. The molecule has 28 heavy (non-hydrogen) atoms. The molecule has 1 aromatic carbocycles. The Morgan fingerprint density at radius 2 is 1.93 bits per heavy atom. The maximum absolute atomic E-state index is 12.3. The van der Waals surface area contributed by atoms with Crippen molar-refractivity contribution in [1.29, 1.82) is 0 Å². The van der Waals surface area contributed by atoms with Crippen molar-refractivity contribution >= 4 is 29.2 Å². The Bertz CT molecular complexity index is 871. The Hall–Kier alpha value is -2.67. The molecule has 1 aromatic heterocycles. The molecule has 7 heteroatoms. The van der Waals surface area contributed by atoms with Gasteiger partial charge in [0.2, 0.25) is 0 Å². The zero-order chi connectivity index (χ0) is 20.1. The normalized spacial score (nSPS) is 15.4. The van der Waals surface area contributed by atoms with Gasteiger partial charge in [0, 0.05) is 16.8 Å². The molecule has 1 N–H and O–H groups in total. The Balaban J connectivity index is 1.47. The second kappa shape index (κ2) is 9.01. The Morgan fingerprint density at radius 1 is 1.18 bits per heavy atom. The highest BCUT2D eigenvalue weighted by atomic mass is 32.1. The lowest BCUT2D eigenvalue weighted by molar-refractivity contribution is -0.124. The van der Waals surface area contributed by atoms with E-state index in [4.69, 9.17) is 4.74 Å². The molecule has 0 spiro atoms. The van der Waals surface area contributed by atoms with E-state index in [9.17, 15) is 14.4 Å². The summed E-state index contributed by atoms with van der Waals surface area (Å²) in [6.07, 6.45) is 2.96. The van der Waals surface area contributed by atoms with E-state index in [2.05, 4.69) is 17.0 Å². The first kappa shape index (κ1) is 20.1. The molecular weight excluding hydrogens is 378 g/mol. The summed E-state index contributed by atoms with van der Waals surface area (Å²) < 4.78 is 9.83. The third-order valence-corrected chi connectivity index (χ3v) is 5.87. The summed E-state index contributed by atoms with van der Waals surface area (Å²) in [6.45, 7) is 2.18. The molecule has 2 aromatic rings. The number of methoxy groups -OCH3 is 1. The van der Waals surface area contributed by atoms with Crippen molar-refractivity contribution in [3.05, 3.63) is 56.8 Å². The number of rotatable bonds is 6. The molecule has 1 aliphatic carbocycles. The van der Waals surface area contributed by atoms with Crippen LogP contribution < -0.4 is 5.32 Å². The minimum Gasteiger partial charge on any atom is -0.465 e. The van der Waals surface area contributed by atoms with Crippen LogP contribution in [0.1, 0.15) is 50.1 Å². The Labute approximate surface area is 167 Å². The van der Waals surface area contributed by atoms with Gasteiger partial charge < -0.3 is 14.8 Å². The summed E-state index contributed by atoms with van der Waals surface area (Å²) in [7, 11) is 1.32. The molecule has 0 fully saturated rings. The average molecular weight is 401 g/mol. The molecule has 1 atom stereocenters. The Morgan fingerprint density at radius 3 is 2.64 bits per heavy atom. The molecular formula is C21H23NO5S. The van der Waals surface area contributed by atoms with Crippen LogP contribution in [0.25, 0.3) is 0 Å². The van der Waals surface area contributed by atoms with Crippen LogP contribution in [0.2, 0.25) is 0 Å². The molecule has 0 saturated heterocycles. The maximum Gasteiger partial charge on any atom is 0.339 e. The third kappa shape index (κ3) is 4.78. The van der Waals surface area contributed by atoms with Crippen molar-refractivity contribution in [2.24, 2.45) is 5.92 Å². The predicted molar refractivity (Wildman–Crippen MR) is 105 cm³/mol. The van der Waals surface area contributed by atoms with E-state index in [-0.39, 0.29) is 19.1 Å². The van der Waals surface area contributed by atoms with E-state index < -0.39 is 11.9 Å². The van der Waals surface area contributed by atoms with Crippen molar-refractivity contribution in [2.45, 2.75) is 32.7 Å². The summed E-state index contributed by atoms with van der Waals surface area (Å²) in [4.78, 5) is 37.0. The fraction of sp³-hybridized carbons (Fsp3) is 0.381. The largest absolute Gasteiger partial charge is 0.465 e. The van der Waals surface area contributed by atoms with Gasteiger partial charge in [-0.05, 0) is 48.4 Å². The van der Waals surface area contributed by atoms with Gasteiger partial charge in [-0.25, -0.2) is 9.59 Å². The highest BCUT2D eigenvalue weighted by Crippen LogP contribution is 2.33. The Kier molecular flexibility index (Phi) is 6.46. The number of esters is 2. The first-order valence-corrected chi connectivity index (χ1v) is 10.1. The van der Waals surface area contributed by atoms with Crippen LogP contribution in [-0.2, 0) is 33.7 Å². The zero-order valence-electron chi connectivity index (χ0n) is 15.9. The van der Waals surface area contributed by atoms with Crippen LogP contribution >= 0.6 is 11.3 Å². The average Bonchev–Trinajstić information content (AvgIpc) is 3.13. The van der Waals surface area contributed by atoms with Crippen LogP contribution in [-0.4, -0.2) is 31.6 Å². The third-order valence-electron chi connectivity index (χ3n) is 4.82. The van der Waals surface area contributed by atoms with Gasteiger partial charge in [-0.3, -0.25) is 4.79 Å². The van der Waals surface area contributed by atoms with E-state index in [0.29, 0.717) is 17.0 Å². The number of ether oxygens (including phenoxy) is 2. The van der Waals surface area contributed by atoms with Crippen molar-refractivity contribution in [1.82, 2.24) is 5.32 Å². The second-order valence-electron chi connectivity index (χ2n) is 6.94. The summed E-state index contributed by atoms with van der Waals surface area (Å²) in [6, 6.07) is 6.73. The molecule has 1 amide bonds. The minimum absolute atomic E-state index is 0.281. The lowest BCUT2D eigenvalue weighted by Crippen LogP contribution is -2.28. The summed E-state index contributed by atoms with van der Waals surface area (Å²) in [5, 5.41) is 4.54. The predicted octanol–water partition coefficient (Wildman–Crippen LogP) is 3.13. The van der Waals surface area contributed by atoms with Gasteiger partial charge >= 0.3 is 11.9 Å². The van der Waals surface area contributed by atoms with E-state index in [1.165, 1.54) is 12.0 Å². The highest BCUT2D eigenvalue weighted by Gasteiger charge is 2.24. The molecule has 6 nitrogen and oxygen atoms in total. The monoisotopic (exact) mass is 401 g/mol. The lowest BCUT2D eigenvalue weighted by atomic mass is 9.88. The first-order chi connectivity index (χ1) is 13.5. The van der Waals surface area contributed by atoms with Crippen LogP contribution in [0.3, 0.4) is 0 Å². The number of hydrogen-bond acceptors (Lipinski definition) is 6. The number of hydrogen-bond donors (Lipinski definition) is 1. The standard InChI is InChI=1S/C21H23NO5S/c1-13-3-8-16-17(12-28-18(16)9-13)21(25)27-11-19(23)22-10-14-4-6-15(7-5-14)20(24)26-2/h4-7,12-13H,3,8-11H2,1-2H3,(H,22,23). The van der Waals surface area contributed by atoms with Crippen LogP contribution in [0, 0.1) is 5.92 Å². The van der Waals surface area contributed by atoms with Crippen molar-refractivity contribution in [3.8, 4) is 0 Å². The first-order valence-electron chi connectivity index (χ1n) is 9.18. The van der Waals surface area contributed by atoms with E-state index >= 15 is 0 Å². The molecule has 148 valence electrons. The topological polar surface area (TPSA) is 81.7 Å². The number of carbonyl (C=O) groups excluding carboxylic acids is 3. The fourth-order valence-electron chi connectivity index (χ4n) is 3.19. The molecule has 0 radical (unpaired) electrons. The van der Waals surface area contributed by atoms with Crippen molar-refractivity contribution < 1.29 is 23.9 Å². The van der Waals surface area contributed by atoms with E-state index in [1.54, 1.807) is 35.6 Å². The summed E-state index contributed by atoms with van der Waals surface area (Å²) in [5.41, 5.74) is 2.95. The molecule has 0 bridgehead atoms. The van der Waals surface area contributed by atoms with Crippen molar-refractivity contribution in [2.75, 3.05) is 13.7 Å². The lowest BCUT2D eigenvalue weighted by Gasteiger charge is -2.18. The number of thiophene rings is 1. The van der Waals surface area contributed by atoms with Gasteiger partial charge in [0.05, 0.1) is 18.2 Å². The molecule has 0 aliphatic heterocycles. The summed E-state index contributed by atoms with van der Waals surface area (Å²) in [5.74, 6) is -0.581. The molecule has 1 unspecified atom stereocenters. The van der Waals surface area contributed by atoms with Crippen LogP contribution in [0.4, 0.5) is 0 Å². The van der Waals surface area contributed by atoms with E-state index in [1.807, 2.05) is 5.38 Å². The smallest absolute Gasteiger partial charge is 0.339 e. The fourth-order valence-corrected chi connectivity index (χ4v) is 4.42. The zero-order valence-corrected chi connectivity index (χ0v) is 16.8.